The first-order valence-corrected chi connectivity index (χ1v) is 6.70. The summed E-state index contributed by atoms with van der Waals surface area (Å²) in [5, 5.41) is 5.49. The zero-order valence-electron chi connectivity index (χ0n) is 10.2. The number of primary amides is 1. The van der Waals surface area contributed by atoms with E-state index in [0.29, 0.717) is 6.42 Å². The summed E-state index contributed by atoms with van der Waals surface area (Å²) in [5.41, 5.74) is 7.14. The molecule has 1 amide bonds. The van der Waals surface area contributed by atoms with Crippen LogP contribution in [0.5, 0.6) is 0 Å². The van der Waals surface area contributed by atoms with Crippen LogP contribution in [-0.4, -0.2) is 5.91 Å². The Labute approximate surface area is 111 Å². The molecule has 1 heterocycles. The Kier molecular flexibility index (Phi) is 3.99. The van der Waals surface area contributed by atoms with E-state index in [1.807, 2.05) is 30.3 Å². The molecule has 18 heavy (non-hydrogen) atoms. The molecule has 1 unspecified atom stereocenters. The van der Waals surface area contributed by atoms with Gasteiger partial charge < -0.3 is 11.1 Å². The van der Waals surface area contributed by atoms with Gasteiger partial charge in [0.1, 0.15) is 0 Å². The summed E-state index contributed by atoms with van der Waals surface area (Å²) < 4.78 is 0. The summed E-state index contributed by atoms with van der Waals surface area (Å²) in [6, 6.07) is 12.2. The van der Waals surface area contributed by atoms with Gasteiger partial charge in [-0.05, 0) is 36.1 Å². The van der Waals surface area contributed by atoms with E-state index in [1.54, 1.807) is 11.3 Å². The average molecular weight is 260 g/mol. The maximum atomic E-state index is 10.8. The molecular formula is C14H16N2OS. The minimum absolute atomic E-state index is 0.284. The third-order valence-electron chi connectivity index (χ3n) is 2.69. The first-order valence-electron chi connectivity index (χ1n) is 5.82. The second-order valence-electron chi connectivity index (χ2n) is 4.22. The number of hydrogen-bond donors (Lipinski definition) is 2. The van der Waals surface area contributed by atoms with Crippen molar-refractivity contribution in [1.29, 1.82) is 0 Å². The minimum atomic E-state index is -0.303. The number of rotatable bonds is 5. The highest BCUT2D eigenvalue weighted by Crippen LogP contribution is 2.23. The Balaban J connectivity index is 2.00. The van der Waals surface area contributed by atoms with Crippen molar-refractivity contribution in [3.8, 4) is 0 Å². The van der Waals surface area contributed by atoms with Crippen LogP contribution in [0.2, 0.25) is 0 Å². The van der Waals surface area contributed by atoms with Crippen molar-refractivity contribution in [2.24, 2.45) is 5.73 Å². The first-order chi connectivity index (χ1) is 8.65. The van der Waals surface area contributed by atoms with Crippen LogP contribution >= 0.6 is 11.3 Å². The molecule has 0 aliphatic heterocycles. The lowest BCUT2D eigenvalue weighted by molar-refractivity contribution is -0.117. The van der Waals surface area contributed by atoms with Gasteiger partial charge in [-0.15, -0.1) is 11.3 Å². The number of carbonyl (C=O) groups excluding carboxylic acids is 1. The summed E-state index contributed by atoms with van der Waals surface area (Å²) >= 11 is 1.74. The van der Waals surface area contributed by atoms with E-state index < -0.39 is 0 Å². The highest BCUT2D eigenvalue weighted by atomic mass is 32.1. The van der Waals surface area contributed by atoms with Crippen LogP contribution in [0.15, 0.2) is 41.8 Å². The molecule has 3 N–H and O–H groups in total. The fourth-order valence-corrected chi connectivity index (χ4v) is 2.51. The molecule has 0 fully saturated rings. The number of nitrogens with two attached hydrogens (primary N) is 1. The van der Waals surface area contributed by atoms with Crippen molar-refractivity contribution in [3.63, 3.8) is 0 Å². The largest absolute Gasteiger partial charge is 0.378 e. The third-order valence-corrected chi connectivity index (χ3v) is 3.74. The van der Waals surface area contributed by atoms with Gasteiger partial charge in [0.05, 0.1) is 12.5 Å². The van der Waals surface area contributed by atoms with E-state index in [0.717, 1.165) is 11.3 Å². The molecule has 0 radical (unpaired) electrons. The number of hydrogen-bond acceptors (Lipinski definition) is 3. The Morgan fingerprint density at radius 1 is 1.33 bits per heavy atom. The van der Waals surface area contributed by atoms with Crippen molar-refractivity contribution in [2.45, 2.75) is 19.4 Å². The number of thiophene rings is 1. The molecule has 0 spiro atoms. The van der Waals surface area contributed by atoms with Crippen LogP contribution in [0.3, 0.4) is 0 Å². The maximum absolute atomic E-state index is 10.8. The Morgan fingerprint density at radius 3 is 2.61 bits per heavy atom. The molecule has 3 nitrogen and oxygen atoms in total. The highest BCUT2D eigenvalue weighted by molar-refractivity contribution is 7.10. The summed E-state index contributed by atoms with van der Waals surface area (Å²) in [5.74, 6) is -0.303. The van der Waals surface area contributed by atoms with Crippen LogP contribution in [0.4, 0.5) is 5.69 Å². The normalized spacial score (nSPS) is 12.1. The lowest BCUT2D eigenvalue weighted by Gasteiger charge is -2.13. The molecule has 1 atom stereocenters. The van der Waals surface area contributed by atoms with Crippen LogP contribution in [0, 0.1) is 0 Å². The molecule has 0 aliphatic rings. The Morgan fingerprint density at radius 2 is 2.06 bits per heavy atom. The van der Waals surface area contributed by atoms with Crippen LogP contribution in [0.1, 0.15) is 23.4 Å². The zero-order valence-corrected chi connectivity index (χ0v) is 11.0. The molecule has 1 aromatic heterocycles. The molecule has 0 saturated carbocycles. The average Bonchev–Trinajstić information content (AvgIpc) is 2.84. The van der Waals surface area contributed by atoms with Crippen molar-refractivity contribution >= 4 is 22.9 Å². The molecule has 0 saturated heterocycles. The second kappa shape index (κ2) is 5.69. The SMILES string of the molecule is CC(Nc1ccc(CC(N)=O)cc1)c1cccs1. The summed E-state index contributed by atoms with van der Waals surface area (Å²) in [7, 11) is 0. The van der Waals surface area contributed by atoms with E-state index in [2.05, 4.69) is 23.7 Å². The van der Waals surface area contributed by atoms with Crippen molar-refractivity contribution in [3.05, 3.63) is 52.2 Å². The fourth-order valence-electron chi connectivity index (χ4n) is 1.78. The topological polar surface area (TPSA) is 55.1 Å². The molecule has 94 valence electrons. The van der Waals surface area contributed by atoms with Gasteiger partial charge >= 0.3 is 0 Å². The predicted octanol–water partition coefficient (Wildman–Crippen LogP) is 2.95. The van der Waals surface area contributed by atoms with Gasteiger partial charge in [0.2, 0.25) is 5.91 Å². The first kappa shape index (κ1) is 12.6. The summed E-state index contributed by atoms with van der Waals surface area (Å²) in [6.45, 7) is 2.13. The van der Waals surface area contributed by atoms with E-state index >= 15 is 0 Å². The Hall–Kier alpha value is -1.81. The van der Waals surface area contributed by atoms with E-state index in [9.17, 15) is 4.79 Å². The van der Waals surface area contributed by atoms with Crippen LogP contribution < -0.4 is 11.1 Å². The number of benzene rings is 1. The molecular weight excluding hydrogens is 244 g/mol. The van der Waals surface area contributed by atoms with E-state index in [-0.39, 0.29) is 11.9 Å². The maximum Gasteiger partial charge on any atom is 0.221 e. The highest BCUT2D eigenvalue weighted by Gasteiger charge is 2.06. The van der Waals surface area contributed by atoms with Crippen molar-refractivity contribution in [2.75, 3.05) is 5.32 Å². The van der Waals surface area contributed by atoms with Gasteiger partial charge in [0, 0.05) is 10.6 Å². The van der Waals surface area contributed by atoms with Gasteiger partial charge in [-0.2, -0.15) is 0 Å². The number of anilines is 1. The Bertz CT molecular complexity index is 505. The minimum Gasteiger partial charge on any atom is -0.378 e. The third kappa shape index (κ3) is 3.34. The number of nitrogens with one attached hydrogen (secondary N) is 1. The molecule has 2 rings (SSSR count). The van der Waals surface area contributed by atoms with Gasteiger partial charge in [-0.25, -0.2) is 0 Å². The van der Waals surface area contributed by atoms with Gasteiger partial charge in [0.25, 0.3) is 0 Å². The van der Waals surface area contributed by atoms with Gasteiger partial charge in [-0.3, -0.25) is 4.79 Å². The standard InChI is InChI=1S/C14H16N2OS/c1-10(13-3-2-8-18-13)16-12-6-4-11(5-7-12)9-14(15)17/h2-8,10,16H,9H2,1H3,(H2,15,17). The monoisotopic (exact) mass is 260 g/mol. The molecule has 2 aromatic rings. The van der Waals surface area contributed by atoms with Crippen LogP contribution in [-0.2, 0) is 11.2 Å². The predicted molar refractivity (Wildman–Crippen MR) is 75.7 cm³/mol. The zero-order chi connectivity index (χ0) is 13.0. The molecule has 0 aliphatic carbocycles. The smallest absolute Gasteiger partial charge is 0.221 e. The number of amides is 1. The lowest BCUT2D eigenvalue weighted by Crippen LogP contribution is -2.13. The second-order valence-corrected chi connectivity index (χ2v) is 5.20. The molecule has 4 heteroatoms. The van der Waals surface area contributed by atoms with Crippen molar-refractivity contribution in [1.82, 2.24) is 0 Å². The quantitative estimate of drug-likeness (QED) is 0.868. The summed E-state index contributed by atoms with van der Waals surface area (Å²) in [4.78, 5) is 12.1. The van der Waals surface area contributed by atoms with Crippen molar-refractivity contribution < 1.29 is 4.79 Å². The summed E-state index contributed by atoms with van der Waals surface area (Å²) in [6.07, 6.45) is 0.292. The van der Waals surface area contributed by atoms with E-state index in [4.69, 9.17) is 5.73 Å². The van der Waals surface area contributed by atoms with Crippen LogP contribution in [0.25, 0.3) is 0 Å². The molecule has 1 aromatic carbocycles. The fraction of sp³-hybridized carbons (Fsp3) is 0.214. The van der Waals surface area contributed by atoms with Gasteiger partial charge in [-0.1, -0.05) is 18.2 Å². The molecule has 0 bridgehead atoms. The lowest BCUT2D eigenvalue weighted by atomic mass is 10.1. The van der Waals surface area contributed by atoms with E-state index in [1.165, 1.54) is 4.88 Å². The van der Waals surface area contributed by atoms with Gasteiger partial charge in [0.15, 0.2) is 0 Å². The number of carbonyl (C=O) groups is 1.